The number of halogens is 3. The molecule has 2 aromatic carbocycles. The Morgan fingerprint density at radius 1 is 1.17 bits per heavy atom. The zero-order chi connectivity index (χ0) is 20.9. The second-order valence-corrected chi connectivity index (χ2v) is 6.39. The van der Waals surface area contributed by atoms with Crippen LogP contribution in [0.3, 0.4) is 0 Å². The second-order valence-electron chi connectivity index (χ2n) is 6.39. The van der Waals surface area contributed by atoms with Crippen LogP contribution in [0.2, 0.25) is 0 Å². The van der Waals surface area contributed by atoms with Crippen molar-refractivity contribution >= 4 is 23.4 Å². The lowest BCUT2D eigenvalue weighted by Gasteiger charge is -2.29. The molecule has 1 heterocycles. The van der Waals surface area contributed by atoms with Gasteiger partial charge in [0, 0.05) is 30.4 Å². The van der Waals surface area contributed by atoms with Crippen molar-refractivity contribution in [3.05, 3.63) is 59.7 Å². The molecular formula is C21H21F3N2O3. The molecule has 0 spiro atoms. The van der Waals surface area contributed by atoms with Gasteiger partial charge in [0.1, 0.15) is 5.75 Å². The van der Waals surface area contributed by atoms with E-state index in [0.717, 1.165) is 6.07 Å². The van der Waals surface area contributed by atoms with Gasteiger partial charge in [-0.05, 0) is 30.3 Å². The summed E-state index contributed by atoms with van der Waals surface area (Å²) in [6, 6.07) is 10.9. The van der Waals surface area contributed by atoms with Crippen LogP contribution in [0.15, 0.2) is 48.5 Å². The fourth-order valence-electron chi connectivity index (χ4n) is 3.04. The number of hydrogen-bond acceptors (Lipinski definition) is 4. The van der Waals surface area contributed by atoms with Crippen molar-refractivity contribution in [2.75, 3.05) is 43.6 Å². The van der Waals surface area contributed by atoms with E-state index in [1.807, 2.05) is 4.90 Å². The van der Waals surface area contributed by atoms with Gasteiger partial charge in [-0.1, -0.05) is 18.2 Å². The summed E-state index contributed by atoms with van der Waals surface area (Å²) in [5.41, 5.74) is -0.0863. The third kappa shape index (κ3) is 5.29. The van der Waals surface area contributed by atoms with Crippen LogP contribution in [0.5, 0.6) is 5.75 Å². The van der Waals surface area contributed by atoms with Crippen molar-refractivity contribution < 1.29 is 27.4 Å². The van der Waals surface area contributed by atoms with E-state index in [2.05, 4.69) is 5.32 Å². The standard InChI is InChI=1S/C21H21F3N2O3/c1-28-19-5-3-2-4-15(19)6-9-20(27)25-18-8-7-16(14-17(18)21(22,23)24)26-10-12-29-13-11-26/h2-9,14H,10-13H2,1H3,(H,25,27)/b9-6+. The molecule has 2 aromatic rings. The summed E-state index contributed by atoms with van der Waals surface area (Å²) in [5.74, 6) is -0.108. The Hall–Kier alpha value is -3.00. The first-order valence-electron chi connectivity index (χ1n) is 9.04. The van der Waals surface area contributed by atoms with Crippen molar-refractivity contribution in [1.29, 1.82) is 0 Å². The van der Waals surface area contributed by atoms with E-state index >= 15 is 0 Å². The monoisotopic (exact) mass is 406 g/mol. The predicted molar refractivity (Wildman–Crippen MR) is 105 cm³/mol. The van der Waals surface area contributed by atoms with Gasteiger partial charge in [-0.2, -0.15) is 13.2 Å². The number of alkyl halides is 3. The van der Waals surface area contributed by atoms with Crippen LogP contribution in [0.4, 0.5) is 24.5 Å². The molecule has 1 fully saturated rings. The number of carbonyl (C=O) groups is 1. The fraction of sp³-hybridized carbons (Fsp3) is 0.286. The Labute approximate surface area is 166 Å². The van der Waals surface area contributed by atoms with Crippen molar-refractivity contribution in [3.63, 3.8) is 0 Å². The van der Waals surface area contributed by atoms with E-state index in [-0.39, 0.29) is 5.69 Å². The minimum atomic E-state index is -4.60. The van der Waals surface area contributed by atoms with Gasteiger partial charge in [0.05, 0.1) is 31.6 Å². The summed E-state index contributed by atoms with van der Waals surface area (Å²) in [7, 11) is 1.50. The van der Waals surface area contributed by atoms with Crippen LogP contribution in [0.25, 0.3) is 6.08 Å². The van der Waals surface area contributed by atoms with Crippen molar-refractivity contribution in [3.8, 4) is 5.75 Å². The molecule has 1 saturated heterocycles. The maximum Gasteiger partial charge on any atom is 0.418 e. The first-order chi connectivity index (χ1) is 13.9. The number of nitrogens with one attached hydrogen (secondary N) is 1. The highest BCUT2D eigenvalue weighted by atomic mass is 19.4. The Morgan fingerprint density at radius 3 is 2.59 bits per heavy atom. The van der Waals surface area contributed by atoms with Gasteiger partial charge in [-0.25, -0.2) is 0 Å². The summed E-state index contributed by atoms with van der Waals surface area (Å²) >= 11 is 0. The summed E-state index contributed by atoms with van der Waals surface area (Å²) in [4.78, 5) is 14.0. The number of carbonyl (C=O) groups excluding carboxylic acids is 1. The van der Waals surface area contributed by atoms with E-state index in [4.69, 9.17) is 9.47 Å². The number of amides is 1. The molecular weight excluding hydrogens is 385 g/mol. The first kappa shape index (κ1) is 20.7. The molecule has 0 bridgehead atoms. The Balaban J connectivity index is 1.80. The molecule has 0 aromatic heterocycles. The summed E-state index contributed by atoms with van der Waals surface area (Å²) in [5, 5.41) is 2.33. The minimum absolute atomic E-state index is 0.288. The van der Waals surface area contributed by atoms with Gasteiger partial charge < -0.3 is 19.7 Å². The third-order valence-corrected chi connectivity index (χ3v) is 4.50. The molecule has 154 valence electrons. The molecule has 29 heavy (non-hydrogen) atoms. The van der Waals surface area contributed by atoms with Crippen LogP contribution in [-0.4, -0.2) is 39.3 Å². The number of nitrogens with zero attached hydrogens (tertiary/aromatic N) is 1. The Kier molecular flexibility index (Phi) is 6.43. The molecule has 0 radical (unpaired) electrons. The van der Waals surface area contributed by atoms with E-state index in [0.29, 0.717) is 43.3 Å². The molecule has 0 unspecified atom stereocenters. The SMILES string of the molecule is COc1ccccc1/C=C/C(=O)Nc1ccc(N2CCOCC2)cc1C(F)(F)F. The van der Waals surface area contributed by atoms with E-state index in [1.54, 1.807) is 30.3 Å². The molecule has 3 rings (SSSR count). The van der Waals surface area contributed by atoms with Crippen LogP contribution in [0.1, 0.15) is 11.1 Å². The topological polar surface area (TPSA) is 50.8 Å². The number of para-hydroxylation sites is 1. The molecule has 1 aliphatic heterocycles. The summed E-state index contributed by atoms with van der Waals surface area (Å²) < 4.78 is 51.1. The van der Waals surface area contributed by atoms with E-state index in [1.165, 1.54) is 25.3 Å². The maximum atomic E-state index is 13.6. The first-order valence-corrected chi connectivity index (χ1v) is 9.04. The van der Waals surface area contributed by atoms with E-state index in [9.17, 15) is 18.0 Å². The highest BCUT2D eigenvalue weighted by Crippen LogP contribution is 2.37. The van der Waals surface area contributed by atoms with Crippen molar-refractivity contribution in [1.82, 2.24) is 0 Å². The van der Waals surface area contributed by atoms with Crippen LogP contribution in [0, 0.1) is 0 Å². The smallest absolute Gasteiger partial charge is 0.418 e. The van der Waals surface area contributed by atoms with Crippen molar-refractivity contribution in [2.45, 2.75) is 6.18 Å². The molecule has 1 amide bonds. The van der Waals surface area contributed by atoms with Crippen molar-refractivity contribution in [2.24, 2.45) is 0 Å². The normalized spacial score (nSPS) is 14.8. The van der Waals surface area contributed by atoms with Gasteiger partial charge in [0.2, 0.25) is 5.91 Å². The van der Waals surface area contributed by atoms with Gasteiger partial charge >= 0.3 is 6.18 Å². The average molecular weight is 406 g/mol. The zero-order valence-corrected chi connectivity index (χ0v) is 15.8. The lowest BCUT2D eigenvalue weighted by molar-refractivity contribution is -0.136. The Morgan fingerprint density at radius 2 is 1.90 bits per heavy atom. The number of morpholine rings is 1. The number of anilines is 2. The predicted octanol–water partition coefficient (Wildman–Crippen LogP) is 4.20. The highest BCUT2D eigenvalue weighted by molar-refractivity contribution is 6.02. The lowest BCUT2D eigenvalue weighted by atomic mass is 10.1. The molecule has 0 aliphatic carbocycles. The number of methoxy groups -OCH3 is 1. The van der Waals surface area contributed by atoms with Gasteiger partial charge in [0.25, 0.3) is 0 Å². The summed E-state index contributed by atoms with van der Waals surface area (Å²) in [6.45, 7) is 1.97. The number of benzene rings is 2. The molecule has 1 aliphatic rings. The molecule has 5 nitrogen and oxygen atoms in total. The third-order valence-electron chi connectivity index (χ3n) is 4.50. The number of ether oxygens (including phenoxy) is 2. The lowest BCUT2D eigenvalue weighted by Crippen LogP contribution is -2.36. The Bertz CT molecular complexity index is 891. The largest absolute Gasteiger partial charge is 0.496 e. The molecule has 0 saturated carbocycles. The van der Waals surface area contributed by atoms with Gasteiger partial charge in [-0.3, -0.25) is 4.79 Å². The van der Waals surface area contributed by atoms with Crippen LogP contribution < -0.4 is 15.0 Å². The zero-order valence-electron chi connectivity index (χ0n) is 15.8. The van der Waals surface area contributed by atoms with Crippen LogP contribution >= 0.6 is 0 Å². The van der Waals surface area contributed by atoms with Gasteiger partial charge in [-0.15, -0.1) is 0 Å². The number of hydrogen-bond donors (Lipinski definition) is 1. The fourth-order valence-corrected chi connectivity index (χ4v) is 3.04. The number of rotatable bonds is 5. The summed E-state index contributed by atoms with van der Waals surface area (Å²) in [6.07, 6.45) is -1.94. The van der Waals surface area contributed by atoms with E-state index < -0.39 is 17.6 Å². The van der Waals surface area contributed by atoms with Crippen LogP contribution in [-0.2, 0) is 15.7 Å². The molecule has 1 N–H and O–H groups in total. The molecule has 8 heteroatoms. The average Bonchev–Trinajstić information content (AvgIpc) is 2.72. The van der Waals surface area contributed by atoms with Gasteiger partial charge in [0.15, 0.2) is 0 Å². The highest BCUT2D eigenvalue weighted by Gasteiger charge is 2.34. The quantitative estimate of drug-likeness (QED) is 0.756. The second kappa shape index (κ2) is 9.00. The minimum Gasteiger partial charge on any atom is -0.496 e. The molecule has 0 atom stereocenters. The maximum absolute atomic E-state index is 13.6.